The monoisotopic (exact) mass is 448 g/mol. The van der Waals surface area contributed by atoms with Crippen molar-refractivity contribution in [1.29, 1.82) is 0 Å². The fourth-order valence-corrected chi connectivity index (χ4v) is 3.53. The summed E-state index contributed by atoms with van der Waals surface area (Å²) in [4.78, 5) is 13.4. The summed E-state index contributed by atoms with van der Waals surface area (Å²) in [7, 11) is 0. The van der Waals surface area contributed by atoms with Crippen LogP contribution >= 0.6 is 24.0 Å². The third-order valence-corrected chi connectivity index (χ3v) is 5.24. The zero-order valence-electron chi connectivity index (χ0n) is 16.8. The lowest BCUT2D eigenvalue weighted by Gasteiger charge is -2.41. The van der Waals surface area contributed by atoms with Crippen LogP contribution in [0.2, 0.25) is 5.02 Å². The molecule has 3 N–H and O–H groups in total. The van der Waals surface area contributed by atoms with Crippen molar-refractivity contribution >= 4 is 47.3 Å². The minimum Gasteiger partial charge on any atom is -0.378 e. The maximum absolute atomic E-state index is 6.10. The van der Waals surface area contributed by atoms with Gasteiger partial charge in [0, 0.05) is 29.5 Å². The Morgan fingerprint density at radius 3 is 2.40 bits per heavy atom. The molecule has 1 atom stereocenters. The molecule has 9 heteroatoms. The molecule has 0 saturated carbocycles. The molecule has 1 saturated heterocycles. The lowest BCUT2D eigenvalue weighted by Crippen LogP contribution is -2.57. The highest BCUT2D eigenvalue weighted by atomic mass is 35.5. The predicted octanol–water partition coefficient (Wildman–Crippen LogP) is 3.54. The first-order valence-electron chi connectivity index (χ1n) is 9.79. The van der Waals surface area contributed by atoms with E-state index in [0.29, 0.717) is 18.2 Å². The Kier molecular flexibility index (Phi) is 7.42. The average molecular weight is 449 g/mol. The van der Waals surface area contributed by atoms with Gasteiger partial charge in [-0.1, -0.05) is 30.7 Å². The highest BCUT2D eigenvalue weighted by Gasteiger charge is 2.32. The minimum absolute atomic E-state index is 0. The number of halogens is 2. The molecule has 0 aromatic heterocycles. The fraction of sp³-hybridized carbons (Fsp3) is 0.333. The summed E-state index contributed by atoms with van der Waals surface area (Å²) in [6, 6.07) is 16.0. The van der Waals surface area contributed by atoms with Gasteiger partial charge in [-0.2, -0.15) is 4.99 Å². The van der Waals surface area contributed by atoms with Crippen LogP contribution in [0.5, 0.6) is 0 Å². The number of aliphatic imine (C=N–C) groups is 2. The van der Waals surface area contributed by atoms with Gasteiger partial charge in [-0.15, -0.1) is 12.4 Å². The predicted molar refractivity (Wildman–Crippen MR) is 126 cm³/mol. The first-order valence-corrected chi connectivity index (χ1v) is 10.2. The van der Waals surface area contributed by atoms with Crippen molar-refractivity contribution in [3.05, 3.63) is 59.1 Å². The van der Waals surface area contributed by atoms with Crippen LogP contribution in [0.4, 0.5) is 11.4 Å². The minimum atomic E-state index is -0.431. The SMILES string of the molecule is CCc1ccc(N2C(N3CCOCC3)=NC(N)=NC2Nc2ccc(Cl)cc2)cc1.Cl. The molecule has 0 aliphatic carbocycles. The van der Waals surface area contributed by atoms with E-state index < -0.39 is 6.29 Å². The van der Waals surface area contributed by atoms with Crippen molar-refractivity contribution in [2.24, 2.45) is 15.7 Å². The molecule has 1 fully saturated rings. The van der Waals surface area contributed by atoms with Crippen LogP contribution < -0.4 is 16.0 Å². The van der Waals surface area contributed by atoms with Crippen molar-refractivity contribution in [2.75, 3.05) is 36.5 Å². The van der Waals surface area contributed by atoms with Gasteiger partial charge in [-0.05, 0) is 48.4 Å². The number of aryl methyl sites for hydroxylation is 1. The van der Waals surface area contributed by atoms with E-state index in [1.807, 2.05) is 24.3 Å². The first-order chi connectivity index (χ1) is 14.1. The van der Waals surface area contributed by atoms with Crippen LogP contribution in [0.25, 0.3) is 0 Å². The smallest absolute Gasteiger partial charge is 0.222 e. The number of morpholine rings is 1. The lowest BCUT2D eigenvalue weighted by atomic mass is 10.1. The number of rotatable bonds is 4. The summed E-state index contributed by atoms with van der Waals surface area (Å²) >= 11 is 6.03. The topological polar surface area (TPSA) is 78.5 Å². The third-order valence-electron chi connectivity index (χ3n) is 4.99. The molecule has 30 heavy (non-hydrogen) atoms. The van der Waals surface area contributed by atoms with Crippen LogP contribution in [0, 0.1) is 0 Å². The average Bonchev–Trinajstić information content (AvgIpc) is 2.76. The van der Waals surface area contributed by atoms with Gasteiger partial charge in [0.15, 0.2) is 0 Å². The molecule has 2 aromatic rings. The molecule has 2 aromatic carbocycles. The summed E-state index contributed by atoms with van der Waals surface area (Å²) in [5.74, 6) is 1.02. The maximum atomic E-state index is 6.10. The summed E-state index contributed by atoms with van der Waals surface area (Å²) in [5, 5.41) is 4.13. The summed E-state index contributed by atoms with van der Waals surface area (Å²) in [6.07, 6.45) is 0.557. The Hall–Kier alpha value is -2.48. The number of nitrogens with zero attached hydrogens (tertiary/aromatic N) is 4. The van der Waals surface area contributed by atoms with Gasteiger partial charge in [0.25, 0.3) is 0 Å². The maximum Gasteiger partial charge on any atom is 0.222 e. The van der Waals surface area contributed by atoms with E-state index in [9.17, 15) is 0 Å². The highest BCUT2D eigenvalue weighted by molar-refractivity contribution is 6.30. The number of ether oxygens (including phenoxy) is 1. The Balaban J connectivity index is 0.00000256. The fourth-order valence-electron chi connectivity index (χ4n) is 3.40. The summed E-state index contributed by atoms with van der Waals surface area (Å²) in [5.41, 5.74) is 9.27. The van der Waals surface area contributed by atoms with Crippen molar-refractivity contribution in [2.45, 2.75) is 19.6 Å². The number of nitrogens with two attached hydrogens (primary N) is 1. The largest absolute Gasteiger partial charge is 0.378 e. The number of guanidine groups is 2. The standard InChI is InChI=1S/C21H25ClN6O.ClH/c1-2-15-3-9-18(10-4-15)28-20(24-17-7-5-16(22)6-8-17)25-19(23)26-21(28)27-11-13-29-14-12-27;/h3-10,20,24H,2,11-14H2,1H3,(H2,23,25);1H. The molecule has 4 rings (SSSR count). The zero-order chi connectivity index (χ0) is 20.2. The Morgan fingerprint density at radius 2 is 1.77 bits per heavy atom. The molecule has 0 spiro atoms. The van der Waals surface area contributed by atoms with Gasteiger partial charge in [0.1, 0.15) is 0 Å². The second-order valence-electron chi connectivity index (χ2n) is 6.91. The molecular formula is C21H26Cl2N6O. The van der Waals surface area contributed by atoms with Gasteiger partial charge in [-0.3, -0.25) is 4.90 Å². The van der Waals surface area contributed by atoms with Crippen molar-refractivity contribution in [3.8, 4) is 0 Å². The second-order valence-corrected chi connectivity index (χ2v) is 7.35. The van der Waals surface area contributed by atoms with E-state index in [4.69, 9.17) is 22.1 Å². The second kappa shape index (κ2) is 10.0. The number of hydrogen-bond acceptors (Lipinski definition) is 7. The molecule has 7 nitrogen and oxygen atoms in total. The molecule has 2 heterocycles. The summed E-state index contributed by atoms with van der Waals surface area (Å²) < 4.78 is 5.52. The Bertz CT molecular complexity index is 895. The van der Waals surface area contributed by atoms with Crippen LogP contribution in [-0.2, 0) is 11.2 Å². The normalized spacial score (nSPS) is 18.9. The molecule has 0 radical (unpaired) electrons. The van der Waals surface area contributed by atoms with E-state index in [1.54, 1.807) is 0 Å². The van der Waals surface area contributed by atoms with Gasteiger partial charge in [0.05, 0.1) is 13.2 Å². The molecule has 2 aliphatic heterocycles. The molecule has 0 bridgehead atoms. The Morgan fingerprint density at radius 1 is 1.10 bits per heavy atom. The van der Waals surface area contributed by atoms with Crippen molar-refractivity contribution in [3.63, 3.8) is 0 Å². The number of anilines is 2. The van der Waals surface area contributed by atoms with Crippen LogP contribution in [-0.4, -0.2) is 49.4 Å². The number of hydrogen-bond donors (Lipinski definition) is 2. The van der Waals surface area contributed by atoms with E-state index >= 15 is 0 Å². The van der Waals surface area contributed by atoms with Crippen molar-refractivity contribution in [1.82, 2.24) is 4.90 Å². The molecule has 0 amide bonds. The van der Waals surface area contributed by atoms with E-state index in [1.165, 1.54) is 5.56 Å². The van der Waals surface area contributed by atoms with Gasteiger partial charge < -0.3 is 20.7 Å². The van der Waals surface area contributed by atoms with Gasteiger partial charge in [0.2, 0.25) is 18.2 Å². The van der Waals surface area contributed by atoms with E-state index in [2.05, 4.69) is 56.3 Å². The summed E-state index contributed by atoms with van der Waals surface area (Å²) in [6.45, 7) is 4.97. The van der Waals surface area contributed by atoms with Crippen molar-refractivity contribution < 1.29 is 4.74 Å². The highest BCUT2D eigenvalue weighted by Crippen LogP contribution is 2.25. The molecule has 160 valence electrons. The van der Waals surface area contributed by atoms with Gasteiger partial charge >= 0.3 is 0 Å². The van der Waals surface area contributed by atoms with Gasteiger partial charge in [-0.25, -0.2) is 4.99 Å². The third kappa shape index (κ3) is 4.98. The lowest BCUT2D eigenvalue weighted by molar-refractivity contribution is 0.0671. The van der Waals surface area contributed by atoms with E-state index in [-0.39, 0.29) is 18.4 Å². The Labute approximate surface area is 188 Å². The molecule has 1 unspecified atom stereocenters. The molecule has 2 aliphatic rings. The van der Waals surface area contributed by atoms with Crippen LogP contribution in [0.15, 0.2) is 58.5 Å². The van der Waals surface area contributed by atoms with E-state index in [0.717, 1.165) is 36.8 Å². The zero-order valence-corrected chi connectivity index (χ0v) is 18.4. The van der Waals surface area contributed by atoms with Crippen LogP contribution in [0.3, 0.4) is 0 Å². The quantitative estimate of drug-likeness (QED) is 0.747. The van der Waals surface area contributed by atoms with Crippen LogP contribution in [0.1, 0.15) is 12.5 Å². The number of benzene rings is 2. The first kappa shape index (κ1) is 22.2. The number of nitrogens with one attached hydrogen (secondary N) is 1. The molecular weight excluding hydrogens is 423 g/mol.